The number of benzene rings is 6. The molecule has 0 atom stereocenters. The maximum absolute atomic E-state index is 5.09. The van der Waals surface area contributed by atoms with E-state index in [1.807, 2.05) is 0 Å². The van der Waals surface area contributed by atoms with E-state index in [0.717, 1.165) is 45.2 Å². The van der Waals surface area contributed by atoms with Gasteiger partial charge in [0.05, 0.1) is 11.4 Å². The molecule has 0 N–H and O–H groups in total. The summed E-state index contributed by atoms with van der Waals surface area (Å²) < 4.78 is 2.20. The number of nitrogens with zero attached hydrogens (tertiary/aromatic N) is 3. The molecule has 2 aliphatic rings. The number of fused-ring (bicyclic) bond motifs is 7. The van der Waals surface area contributed by atoms with Crippen molar-refractivity contribution >= 4 is 22.7 Å². The van der Waals surface area contributed by atoms with Gasteiger partial charge in [-0.25, -0.2) is 4.98 Å². The lowest BCUT2D eigenvalue weighted by Gasteiger charge is -2.30. The van der Waals surface area contributed by atoms with E-state index in [1.165, 1.54) is 44.5 Å². The normalized spacial score (nSPS) is 14.5. The quantitative estimate of drug-likeness (QED) is 0.182. The summed E-state index contributed by atoms with van der Waals surface area (Å²) in [6, 6.07) is 57.6. The van der Waals surface area contributed by atoms with E-state index in [9.17, 15) is 0 Å². The summed E-state index contributed by atoms with van der Waals surface area (Å²) in [7, 11) is 0. The highest BCUT2D eigenvalue weighted by molar-refractivity contribution is 5.89. The number of pyridine rings is 1. The van der Waals surface area contributed by atoms with E-state index in [1.54, 1.807) is 0 Å². The molecule has 8 aromatic rings. The molecule has 3 nitrogen and oxygen atoms in total. The van der Waals surface area contributed by atoms with E-state index in [0.29, 0.717) is 0 Å². The maximum Gasteiger partial charge on any atom is 0.137 e. The Morgan fingerprint density at radius 3 is 1.54 bits per heavy atom. The average Bonchev–Trinajstić information content (AvgIpc) is 3.76. The molecule has 2 heterocycles. The van der Waals surface area contributed by atoms with Crippen LogP contribution < -0.4 is 4.90 Å². The van der Waals surface area contributed by atoms with Gasteiger partial charge in [-0.1, -0.05) is 137 Å². The minimum absolute atomic E-state index is 0.101. The molecule has 10 rings (SSSR count). The topological polar surface area (TPSA) is 20.5 Å². The van der Waals surface area contributed by atoms with Crippen molar-refractivity contribution < 1.29 is 0 Å². The predicted molar refractivity (Wildman–Crippen MR) is 216 cm³/mol. The van der Waals surface area contributed by atoms with Gasteiger partial charge in [0.25, 0.3) is 0 Å². The Morgan fingerprint density at radius 2 is 0.942 bits per heavy atom. The first-order valence-electron chi connectivity index (χ1n) is 18.2. The Morgan fingerprint density at radius 1 is 0.442 bits per heavy atom. The van der Waals surface area contributed by atoms with Crippen LogP contribution in [0.3, 0.4) is 0 Å². The number of imidazole rings is 1. The van der Waals surface area contributed by atoms with Crippen LogP contribution in [0.4, 0.5) is 17.1 Å². The number of hydrogen-bond donors (Lipinski definition) is 0. The molecule has 3 heteroatoms. The van der Waals surface area contributed by atoms with Crippen molar-refractivity contribution in [3.63, 3.8) is 0 Å². The van der Waals surface area contributed by atoms with Crippen molar-refractivity contribution in [3.05, 3.63) is 186 Å². The second-order valence-electron chi connectivity index (χ2n) is 15.3. The van der Waals surface area contributed by atoms with Gasteiger partial charge in [0, 0.05) is 45.2 Å². The predicted octanol–water partition coefficient (Wildman–Crippen LogP) is 12.8. The van der Waals surface area contributed by atoms with Gasteiger partial charge in [-0.2, -0.15) is 0 Å². The first-order chi connectivity index (χ1) is 25.3. The van der Waals surface area contributed by atoms with E-state index < -0.39 is 0 Å². The molecule has 0 bridgehead atoms. The zero-order valence-corrected chi connectivity index (χ0v) is 29.9. The fraction of sp³-hybridized carbons (Fsp3) is 0.122. The average molecular weight is 670 g/mol. The summed E-state index contributed by atoms with van der Waals surface area (Å²) in [5.74, 6) is 0. The molecule has 0 saturated heterocycles. The van der Waals surface area contributed by atoms with Crippen molar-refractivity contribution in [2.45, 2.75) is 38.5 Å². The van der Waals surface area contributed by atoms with Crippen LogP contribution in [0.1, 0.15) is 49.9 Å². The van der Waals surface area contributed by atoms with Gasteiger partial charge in [0.1, 0.15) is 5.65 Å². The Kier molecular flexibility index (Phi) is 6.57. The lowest BCUT2D eigenvalue weighted by molar-refractivity contribution is 0.660. The second-order valence-corrected chi connectivity index (χ2v) is 15.3. The summed E-state index contributed by atoms with van der Waals surface area (Å²) in [6.07, 6.45) is 2.11. The van der Waals surface area contributed by atoms with Crippen LogP contribution >= 0.6 is 0 Å². The molecule has 6 aromatic carbocycles. The van der Waals surface area contributed by atoms with Crippen LogP contribution in [0.15, 0.2) is 164 Å². The first-order valence-corrected chi connectivity index (χ1v) is 18.2. The third-order valence-corrected chi connectivity index (χ3v) is 11.6. The summed E-state index contributed by atoms with van der Waals surface area (Å²) in [4.78, 5) is 7.53. The maximum atomic E-state index is 5.09. The molecular weight excluding hydrogens is 631 g/mol. The smallest absolute Gasteiger partial charge is 0.137 e. The molecule has 0 spiro atoms. The molecule has 0 aliphatic heterocycles. The molecule has 0 fully saturated rings. The Hall–Kier alpha value is -6.19. The monoisotopic (exact) mass is 669 g/mol. The van der Waals surface area contributed by atoms with Crippen LogP contribution in [0.2, 0.25) is 0 Å². The van der Waals surface area contributed by atoms with Crippen molar-refractivity contribution in [3.8, 4) is 44.8 Å². The number of hydrogen-bond acceptors (Lipinski definition) is 2. The largest absolute Gasteiger partial charge is 0.310 e. The minimum atomic E-state index is -0.101. The van der Waals surface area contributed by atoms with Gasteiger partial charge in [-0.15, -0.1) is 0 Å². The molecule has 250 valence electrons. The lowest BCUT2D eigenvalue weighted by Crippen LogP contribution is -2.18. The SMILES string of the molecule is CC1(C)c2ccccc2-c2ccc(N(c3ccc(-c4c(-c5ccccc5)nc5ccccn45)cc3)c3ccc4c(c3)C(C)(C)c3ccccc3-4)cc21. The fourth-order valence-corrected chi connectivity index (χ4v) is 8.95. The van der Waals surface area contributed by atoms with Crippen molar-refractivity contribution in [2.24, 2.45) is 0 Å². The molecule has 2 aliphatic carbocycles. The molecule has 0 amide bonds. The van der Waals surface area contributed by atoms with Crippen LogP contribution in [0, 0.1) is 0 Å². The minimum Gasteiger partial charge on any atom is -0.310 e. The van der Waals surface area contributed by atoms with Gasteiger partial charge < -0.3 is 4.90 Å². The molecule has 0 radical (unpaired) electrons. The highest BCUT2D eigenvalue weighted by atomic mass is 15.1. The first kappa shape index (κ1) is 30.6. The van der Waals surface area contributed by atoms with Gasteiger partial charge in [-0.3, -0.25) is 4.40 Å². The number of anilines is 3. The Bertz CT molecular complexity index is 2570. The molecule has 0 unspecified atom stereocenters. The van der Waals surface area contributed by atoms with Gasteiger partial charge in [-0.05, 0) is 93.0 Å². The van der Waals surface area contributed by atoms with Gasteiger partial charge >= 0.3 is 0 Å². The van der Waals surface area contributed by atoms with Crippen molar-refractivity contribution in [2.75, 3.05) is 4.90 Å². The molecule has 52 heavy (non-hydrogen) atoms. The zero-order chi connectivity index (χ0) is 35.2. The van der Waals surface area contributed by atoms with E-state index in [-0.39, 0.29) is 10.8 Å². The van der Waals surface area contributed by atoms with E-state index >= 15 is 0 Å². The van der Waals surface area contributed by atoms with Gasteiger partial charge in [0.15, 0.2) is 0 Å². The number of rotatable bonds is 5. The molecule has 0 saturated carbocycles. The summed E-state index contributed by atoms with van der Waals surface area (Å²) in [5.41, 5.74) is 19.3. The standard InChI is InChI=1S/C49H39N3/c1-48(2)41-18-10-8-16-37(41)39-27-25-35(30-43(39)48)52(36-26-28-40-38-17-9-11-19-42(38)49(3,4)44(40)31-36)34-23-21-33(22-24-34)47-46(32-14-6-5-7-15-32)50-45-20-12-13-29-51(45)47/h5-31H,1-4H3. The highest BCUT2D eigenvalue weighted by Crippen LogP contribution is 2.53. The lowest BCUT2D eigenvalue weighted by atomic mass is 9.82. The molecular formula is C49H39N3. The second kappa shape index (κ2) is 11.2. The van der Waals surface area contributed by atoms with Crippen LogP contribution in [0.25, 0.3) is 50.4 Å². The zero-order valence-electron chi connectivity index (χ0n) is 29.9. The molecule has 2 aromatic heterocycles. The fourth-order valence-electron chi connectivity index (χ4n) is 8.95. The van der Waals surface area contributed by atoms with Crippen LogP contribution in [0.5, 0.6) is 0 Å². The third kappa shape index (κ3) is 4.42. The number of aromatic nitrogens is 2. The van der Waals surface area contributed by atoms with Crippen molar-refractivity contribution in [1.29, 1.82) is 0 Å². The summed E-state index contributed by atoms with van der Waals surface area (Å²) in [6.45, 7) is 9.43. The summed E-state index contributed by atoms with van der Waals surface area (Å²) in [5, 5.41) is 0. The van der Waals surface area contributed by atoms with Crippen LogP contribution in [-0.2, 0) is 10.8 Å². The van der Waals surface area contributed by atoms with Gasteiger partial charge in [0.2, 0.25) is 0 Å². The van der Waals surface area contributed by atoms with Crippen molar-refractivity contribution in [1.82, 2.24) is 9.38 Å². The summed E-state index contributed by atoms with van der Waals surface area (Å²) >= 11 is 0. The Balaban J connectivity index is 1.14. The highest BCUT2D eigenvalue weighted by Gasteiger charge is 2.37. The van der Waals surface area contributed by atoms with E-state index in [2.05, 4.69) is 201 Å². The third-order valence-electron chi connectivity index (χ3n) is 11.6. The van der Waals surface area contributed by atoms with Crippen LogP contribution in [-0.4, -0.2) is 9.38 Å². The van der Waals surface area contributed by atoms with E-state index in [4.69, 9.17) is 4.98 Å². The Labute approximate surface area is 305 Å².